The van der Waals surface area contributed by atoms with Gasteiger partial charge in [-0.15, -0.1) is 0 Å². The molecular weight excluding hydrogens is 522 g/mol. The third-order valence-electron chi connectivity index (χ3n) is 8.77. The molecule has 8 N–H and O–H groups in total. The lowest BCUT2D eigenvalue weighted by atomic mass is 9.87. The average molecular weight is 560 g/mol. The van der Waals surface area contributed by atoms with Crippen LogP contribution in [0.1, 0.15) is 70.1 Å². The fourth-order valence-corrected chi connectivity index (χ4v) is 6.61. The number of benzene rings is 1. The molecular formula is C29H37N9O3. The maximum absolute atomic E-state index is 13.5. The quantitative estimate of drug-likeness (QED) is 0.285. The Morgan fingerprint density at radius 2 is 1.95 bits per heavy atom. The van der Waals surface area contributed by atoms with Gasteiger partial charge in [0.05, 0.1) is 12.1 Å². The van der Waals surface area contributed by atoms with Gasteiger partial charge < -0.3 is 37.4 Å². The molecule has 6 rings (SSSR count). The zero-order valence-corrected chi connectivity index (χ0v) is 23.3. The van der Waals surface area contributed by atoms with E-state index in [1.165, 1.54) is 5.56 Å². The normalized spacial score (nSPS) is 28.1. The van der Waals surface area contributed by atoms with Crippen LogP contribution >= 0.6 is 0 Å². The molecule has 1 aliphatic carbocycles. The Hall–Kier alpha value is -4.19. The highest BCUT2D eigenvalue weighted by atomic mass is 16.3. The Morgan fingerprint density at radius 1 is 1.15 bits per heavy atom. The standard InChI is InChI=1S/C29H37N9O3/c1-15(2)17-10-11-20(32-12-17)26(41)33-13-21-23-29(37-27(30)36-23)24(39)22(14-38(29)28(31)35-21)34-25(40)19-9-5-7-16-6-3-4-8-18(16)19/h5,7,9-12,15,21-24,39H,3-4,6,8,13-14H2,1-2H3,(H2,31,35)(H,33,41)(H,34,40)(H3,30,36,37)/t21-,22?,23-,24+,29-/m0/s1. The number of hydrogen-bond donors (Lipinski definition) is 6. The molecule has 2 aromatic rings. The van der Waals surface area contributed by atoms with Crippen LogP contribution in [-0.4, -0.2) is 81.7 Å². The molecule has 41 heavy (non-hydrogen) atoms. The predicted octanol–water partition coefficient (Wildman–Crippen LogP) is -0.0316. The number of pyridine rings is 1. The molecule has 0 saturated carbocycles. The Kier molecular flexibility index (Phi) is 6.80. The monoisotopic (exact) mass is 559 g/mol. The highest BCUT2D eigenvalue weighted by Crippen LogP contribution is 2.40. The zero-order valence-electron chi connectivity index (χ0n) is 23.3. The number of carbonyl (C=O) groups is 2. The summed E-state index contributed by atoms with van der Waals surface area (Å²) >= 11 is 0. The highest BCUT2D eigenvalue weighted by molar-refractivity contribution is 5.97. The topological polar surface area (TPSA) is 183 Å². The number of nitrogens with two attached hydrogens (primary N) is 2. The number of aliphatic imine (C=N–C) groups is 2. The number of nitrogens with zero attached hydrogens (tertiary/aromatic N) is 4. The van der Waals surface area contributed by atoms with Gasteiger partial charge in [0.15, 0.2) is 17.6 Å². The minimum Gasteiger partial charge on any atom is -0.386 e. The summed E-state index contributed by atoms with van der Waals surface area (Å²) in [7, 11) is 0. The molecule has 1 fully saturated rings. The van der Waals surface area contributed by atoms with E-state index in [0.717, 1.165) is 36.8 Å². The van der Waals surface area contributed by atoms with Crippen molar-refractivity contribution >= 4 is 23.7 Å². The van der Waals surface area contributed by atoms with Gasteiger partial charge in [-0.2, -0.15) is 0 Å². The van der Waals surface area contributed by atoms with E-state index in [-0.39, 0.29) is 42.5 Å². The largest absolute Gasteiger partial charge is 0.386 e. The molecule has 1 aromatic carbocycles. The van der Waals surface area contributed by atoms with Crippen molar-refractivity contribution in [3.63, 3.8) is 0 Å². The molecule has 1 unspecified atom stereocenters. The smallest absolute Gasteiger partial charge is 0.269 e. The third-order valence-corrected chi connectivity index (χ3v) is 8.77. The van der Waals surface area contributed by atoms with E-state index >= 15 is 0 Å². The van der Waals surface area contributed by atoms with Crippen molar-refractivity contribution < 1.29 is 14.7 Å². The summed E-state index contributed by atoms with van der Waals surface area (Å²) in [6.07, 6.45) is 4.58. The molecule has 0 radical (unpaired) electrons. The van der Waals surface area contributed by atoms with Crippen molar-refractivity contribution in [1.29, 1.82) is 0 Å². The maximum atomic E-state index is 13.5. The van der Waals surface area contributed by atoms with Crippen molar-refractivity contribution in [3.8, 4) is 0 Å². The molecule has 5 atom stereocenters. The fraction of sp³-hybridized carbons (Fsp3) is 0.483. The van der Waals surface area contributed by atoms with Crippen LogP contribution in [0.4, 0.5) is 0 Å². The second-order valence-electron chi connectivity index (χ2n) is 11.6. The number of aliphatic hydroxyl groups is 1. The SMILES string of the molecule is CC(C)c1ccc(C(=O)NC[C@@H]2N=C(N)N3CC(NC(=O)c4cccc5c4CCCC5)[C@@H](O)[C@@]34NC(N)=N[C@@H]24)nc1. The van der Waals surface area contributed by atoms with Gasteiger partial charge in [0, 0.05) is 24.8 Å². The molecule has 1 aromatic heterocycles. The molecule has 1 spiro atoms. The van der Waals surface area contributed by atoms with Crippen molar-refractivity contribution in [2.75, 3.05) is 13.1 Å². The van der Waals surface area contributed by atoms with Crippen molar-refractivity contribution in [1.82, 2.24) is 25.8 Å². The Bertz CT molecular complexity index is 1420. The lowest BCUT2D eigenvalue weighted by molar-refractivity contribution is 0.0144. The summed E-state index contributed by atoms with van der Waals surface area (Å²) in [5.74, 6) is 0.0288. The predicted molar refractivity (Wildman–Crippen MR) is 154 cm³/mol. The first kappa shape index (κ1) is 27.0. The van der Waals surface area contributed by atoms with Gasteiger partial charge >= 0.3 is 0 Å². The number of guanidine groups is 2. The van der Waals surface area contributed by atoms with Crippen molar-refractivity contribution in [2.45, 2.75) is 75.3 Å². The van der Waals surface area contributed by atoms with E-state index in [0.29, 0.717) is 11.5 Å². The second-order valence-corrected chi connectivity index (χ2v) is 11.6. The fourth-order valence-electron chi connectivity index (χ4n) is 6.61. The number of aromatic nitrogens is 1. The lowest BCUT2D eigenvalue weighted by Crippen LogP contribution is -2.73. The number of aryl methyl sites for hydroxylation is 1. The first-order chi connectivity index (χ1) is 19.7. The summed E-state index contributed by atoms with van der Waals surface area (Å²) in [5, 5.41) is 20.8. The number of hydrogen-bond acceptors (Lipinski definition) is 10. The number of rotatable bonds is 6. The van der Waals surface area contributed by atoms with E-state index < -0.39 is 29.9 Å². The highest BCUT2D eigenvalue weighted by Gasteiger charge is 2.65. The first-order valence-corrected chi connectivity index (χ1v) is 14.2. The number of fused-ring (bicyclic) bond motifs is 1. The summed E-state index contributed by atoms with van der Waals surface area (Å²) in [4.78, 5) is 41.5. The minimum absolute atomic E-state index is 0.103. The molecule has 0 bridgehead atoms. The van der Waals surface area contributed by atoms with E-state index in [9.17, 15) is 14.7 Å². The van der Waals surface area contributed by atoms with Gasteiger partial charge in [-0.1, -0.05) is 32.0 Å². The molecule has 1 saturated heterocycles. The van der Waals surface area contributed by atoms with Gasteiger partial charge in [0.2, 0.25) is 0 Å². The van der Waals surface area contributed by atoms with Gasteiger partial charge in [-0.25, -0.2) is 9.98 Å². The van der Waals surface area contributed by atoms with Crippen LogP contribution in [0.3, 0.4) is 0 Å². The zero-order chi connectivity index (χ0) is 28.9. The van der Waals surface area contributed by atoms with E-state index in [4.69, 9.17) is 11.5 Å². The Balaban J connectivity index is 1.19. The van der Waals surface area contributed by atoms with Crippen LogP contribution in [-0.2, 0) is 12.8 Å². The van der Waals surface area contributed by atoms with Gasteiger partial charge in [0.25, 0.3) is 11.8 Å². The Morgan fingerprint density at radius 3 is 2.71 bits per heavy atom. The minimum atomic E-state index is -1.21. The summed E-state index contributed by atoms with van der Waals surface area (Å²) < 4.78 is 0. The molecule has 2 amide bonds. The van der Waals surface area contributed by atoms with E-state index in [2.05, 4.69) is 50.8 Å². The molecule has 216 valence electrons. The summed E-state index contributed by atoms with van der Waals surface area (Å²) in [6, 6.07) is 7.47. The number of carbonyl (C=O) groups excluding carboxylic acids is 2. The summed E-state index contributed by atoms with van der Waals surface area (Å²) in [5.41, 5.74) is 15.6. The number of amides is 2. The molecule has 4 heterocycles. The maximum Gasteiger partial charge on any atom is 0.269 e. The van der Waals surface area contributed by atoms with Crippen LogP contribution in [0.25, 0.3) is 0 Å². The van der Waals surface area contributed by atoms with Gasteiger partial charge in [-0.05, 0) is 60.4 Å². The third kappa shape index (κ3) is 4.55. The summed E-state index contributed by atoms with van der Waals surface area (Å²) in [6.45, 7) is 4.44. The molecule has 12 nitrogen and oxygen atoms in total. The van der Waals surface area contributed by atoms with Crippen LogP contribution in [0.2, 0.25) is 0 Å². The second kappa shape index (κ2) is 10.3. The van der Waals surface area contributed by atoms with Crippen molar-refractivity contribution in [3.05, 3.63) is 64.5 Å². The van der Waals surface area contributed by atoms with Crippen LogP contribution in [0, 0.1) is 0 Å². The van der Waals surface area contributed by atoms with Crippen LogP contribution in [0.5, 0.6) is 0 Å². The van der Waals surface area contributed by atoms with Crippen molar-refractivity contribution in [2.24, 2.45) is 21.5 Å². The first-order valence-electron chi connectivity index (χ1n) is 14.2. The molecule has 3 aliphatic heterocycles. The number of aliphatic hydroxyl groups excluding tert-OH is 1. The van der Waals surface area contributed by atoms with Crippen LogP contribution in [0.15, 0.2) is 46.5 Å². The average Bonchev–Trinajstić information content (AvgIpc) is 3.47. The number of nitrogens with one attached hydrogen (secondary N) is 3. The van der Waals surface area contributed by atoms with Gasteiger partial charge in [0.1, 0.15) is 17.8 Å². The molecule has 12 heteroatoms. The molecule has 4 aliphatic rings. The van der Waals surface area contributed by atoms with E-state index in [1.807, 2.05) is 18.2 Å². The Labute approximate surface area is 238 Å². The van der Waals surface area contributed by atoms with Crippen LogP contribution < -0.4 is 27.4 Å². The van der Waals surface area contributed by atoms with E-state index in [1.54, 1.807) is 17.2 Å². The lowest BCUT2D eigenvalue weighted by Gasteiger charge is -2.46. The van der Waals surface area contributed by atoms with Gasteiger partial charge in [-0.3, -0.25) is 14.6 Å².